The van der Waals surface area contributed by atoms with Gasteiger partial charge in [-0.1, -0.05) is 30.0 Å². The molecular weight excluding hydrogens is 344 g/mol. The van der Waals surface area contributed by atoms with E-state index in [1.807, 2.05) is 30.3 Å². The van der Waals surface area contributed by atoms with E-state index in [0.29, 0.717) is 0 Å². The van der Waals surface area contributed by atoms with Crippen molar-refractivity contribution in [1.82, 2.24) is 30.1 Å². The number of nitrogens with zero attached hydrogens (tertiary/aromatic N) is 5. The van der Waals surface area contributed by atoms with Gasteiger partial charge in [-0.2, -0.15) is 4.68 Å². The lowest BCUT2D eigenvalue weighted by molar-refractivity contribution is -0.00000487. The fraction of sp³-hybridized carbons (Fsp3) is 0.312. The van der Waals surface area contributed by atoms with Gasteiger partial charge in [-0.05, 0) is 47.7 Å². The quantitative estimate of drug-likeness (QED) is 0.422. The van der Waals surface area contributed by atoms with Crippen LogP contribution in [0.5, 0.6) is 0 Å². The maximum absolute atomic E-state index is 4.10. The number of para-hydroxylation sites is 1. The van der Waals surface area contributed by atoms with Gasteiger partial charge in [-0.3, -0.25) is 0 Å². The van der Waals surface area contributed by atoms with Crippen molar-refractivity contribution in [2.24, 2.45) is 7.05 Å². The molecule has 0 aliphatic rings. The smallest absolute Gasteiger partial charge is 0.214 e. The van der Waals surface area contributed by atoms with Gasteiger partial charge >= 0.3 is 0 Å². The van der Waals surface area contributed by atoms with E-state index in [0.717, 1.165) is 36.1 Å². The summed E-state index contributed by atoms with van der Waals surface area (Å²) in [4.78, 5) is 0. The summed E-state index contributed by atoms with van der Waals surface area (Å²) in [5, 5.41) is 16.2. The number of rotatable bonds is 8. The molecule has 0 unspecified atom stereocenters. The molecule has 0 aliphatic carbocycles. The third kappa shape index (κ3) is 4.83. The van der Waals surface area contributed by atoms with Gasteiger partial charge in [0, 0.05) is 31.2 Å². The number of hydrogen-bond acceptors (Lipinski definition) is 5. The molecular formula is C16H20ClN6S-. The van der Waals surface area contributed by atoms with E-state index >= 15 is 0 Å². The van der Waals surface area contributed by atoms with E-state index < -0.39 is 0 Å². The maximum Gasteiger partial charge on any atom is 0.214 e. The standard InChI is InChI=1S/C16H20N6S.ClH/c1-21-11-5-9-15(21)13-17-10-6-12-23-16-18-19-20-22(16)14-7-3-2-4-8-14;/h2-5,7-9,11,17H,6,10,12-13H2,1H3;1H/p-1. The largest absolute Gasteiger partial charge is 1.00 e. The highest BCUT2D eigenvalue weighted by Crippen LogP contribution is 2.18. The normalized spacial score (nSPS) is 10.5. The molecule has 0 atom stereocenters. The fourth-order valence-corrected chi connectivity index (χ4v) is 3.09. The fourth-order valence-electron chi connectivity index (χ4n) is 2.26. The summed E-state index contributed by atoms with van der Waals surface area (Å²) >= 11 is 1.68. The third-order valence-corrected chi connectivity index (χ3v) is 4.53. The molecule has 2 heterocycles. The van der Waals surface area contributed by atoms with E-state index in [-0.39, 0.29) is 12.4 Å². The number of halogens is 1. The molecule has 0 amide bonds. The van der Waals surface area contributed by atoms with Crippen LogP contribution < -0.4 is 17.7 Å². The van der Waals surface area contributed by atoms with Crippen LogP contribution in [-0.4, -0.2) is 37.1 Å². The Bertz CT molecular complexity index is 727. The van der Waals surface area contributed by atoms with Crippen molar-refractivity contribution in [2.45, 2.75) is 18.1 Å². The molecule has 3 aromatic rings. The molecule has 6 nitrogen and oxygen atoms in total. The summed E-state index contributed by atoms with van der Waals surface area (Å²) in [6.45, 7) is 1.88. The summed E-state index contributed by atoms with van der Waals surface area (Å²) in [6, 6.07) is 14.2. The molecule has 0 saturated carbocycles. The highest BCUT2D eigenvalue weighted by Gasteiger charge is 2.07. The SMILES string of the molecule is Cn1cccc1CNCCCSc1nnnn1-c1ccccc1.[Cl-]. The van der Waals surface area contributed by atoms with Crippen LogP contribution in [0.1, 0.15) is 12.1 Å². The molecule has 0 saturated heterocycles. The lowest BCUT2D eigenvalue weighted by Gasteiger charge is -2.06. The highest BCUT2D eigenvalue weighted by atomic mass is 35.5. The van der Waals surface area contributed by atoms with Crippen molar-refractivity contribution in [3.05, 3.63) is 54.4 Å². The average Bonchev–Trinajstić information content (AvgIpc) is 3.21. The minimum Gasteiger partial charge on any atom is -1.00 e. The Morgan fingerprint density at radius 2 is 1.96 bits per heavy atom. The molecule has 1 aromatic carbocycles. The van der Waals surface area contributed by atoms with Crippen molar-refractivity contribution < 1.29 is 12.4 Å². The van der Waals surface area contributed by atoms with Crippen LogP contribution in [0.15, 0.2) is 53.8 Å². The first-order chi connectivity index (χ1) is 11.3. The van der Waals surface area contributed by atoms with Gasteiger partial charge in [-0.15, -0.1) is 5.10 Å². The monoisotopic (exact) mass is 363 g/mol. The predicted molar refractivity (Wildman–Crippen MR) is 91.6 cm³/mol. The number of aryl methyl sites for hydroxylation is 1. The molecule has 3 rings (SSSR count). The van der Waals surface area contributed by atoms with Gasteiger partial charge in [0.15, 0.2) is 0 Å². The second-order valence-corrected chi connectivity index (χ2v) is 6.26. The Morgan fingerprint density at radius 1 is 1.12 bits per heavy atom. The van der Waals surface area contributed by atoms with Crippen LogP contribution in [0.4, 0.5) is 0 Å². The minimum absolute atomic E-state index is 0. The first-order valence-corrected chi connectivity index (χ1v) is 8.60. The third-order valence-electron chi connectivity index (χ3n) is 3.53. The van der Waals surface area contributed by atoms with Crippen molar-refractivity contribution in [3.8, 4) is 5.69 Å². The van der Waals surface area contributed by atoms with E-state index in [1.165, 1.54) is 5.69 Å². The molecule has 1 N–H and O–H groups in total. The van der Waals surface area contributed by atoms with E-state index in [2.05, 4.69) is 50.8 Å². The van der Waals surface area contributed by atoms with Gasteiger partial charge in [0.25, 0.3) is 0 Å². The molecule has 0 aliphatic heterocycles. The molecule has 8 heteroatoms. The first-order valence-electron chi connectivity index (χ1n) is 7.62. The maximum atomic E-state index is 4.10. The Balaban J connectivity index is 0.00000208. The second-order valence-electron chi connectivity index (χ2n) is 5.20. The van der Waals surface area contributed by atoms with Crippen molar-refractivity contribution >= 4 is 11.8 Å². The van der Waals surface area contributed by atoms with Gasteiger partial charge in [0.05, 0.1) is 5.69 Å². The molecule has 0 bridgehead atoms. The number of nitrogens with one attached hydrogen (secondary N) is 1. The second kappa shape index (κ2) is 9.46. The van der Waals surface area contributed by atoms with Crippen molar-refractivity contribution in [3.63, 3.8) is 0 Å². The molecule has 0 fully saturated rings. The molecule has 128 valence electrons. The molecule has 2 aromatic heterocycles. The average molecular weight is 364 g/mol. The Hall–Kier alpha value is -1.83. The van der Waals surface area contributed by atoms with Gasteiger partial charge in [-0.25, -0.2) is 0 Å². The summed E-state index contributed by atoms with van der Waals surface area (Å²) in [5.41, 5.74) is 2.28. The topological polar surface area (TPSA) is 60.6 Å². The predicted octanol–water partition coefficient (Wildman–Crippen LogP) is -0.723. The molecule has 0 radical (unpaired) electrons. The Morgan fingerprint density at radius 3 is 2.71 bits per heavy atom. The first kappa shape index (κ1) is 18.5. The van der Waals surface area contributed by atoms with E-state index in [1.54, 1.807) is 16.4 Å². The van der Waals surface area contributed by atoms with Crippen LogP contribution in [-0.2, 0) is 13.6 Å². The van der Waals surface area contributed by atoms with E-state index in [9.17, 15) is 0 Å². The number of benzene rings is 1. The van der Waals surface area contributed by atoms with Crippen LogP contribution in [0, 0.1) is 0 Å². The number of tetrazole rings is 1. The van der Waals surface area contributed by atoms with Crippen LogP contribution in [0.2, 0.25) is 0 Å². The van der Waals surface area contributed by atoms with Crippen LogP contribution in [0.3, 0.4) is 0 Å². The van der Waals surface area contributed by atoms with Crippen molar-refractivity contribution in [2.75, 3.05) is 12.3 Å². The molecule has 0 spiro atoms. The Labute approximate surface area is 152 Å². The highest BCUT2D eigenvalue weighted by molar-refractivity contribution is 7.99. The van der Waals surface area contributed by atoms with Crippen LogP contribution in [0.25, 0.3) is 5.69 Å². The summed E-state index contributed by atoms with van der Waals surface area (Å²) in [6.07, 6.45) is 3.13. The van der Waals surface area contributed by atoms with Crippen LogP contribution >= 0.6 is 11.8 Å². The molecule has 24 heavy (non-hydrogen) atoms. The lowest BCUT2D eigenvalue weighted by Crippen LogP contribution is -3.00. The zero-order valence-electron chi connectivity index (χ0n) is 13.5. The van der Waals surface area contributed by atoms with Gasteiger partial charge in [0.2, 0.25) is 5.16 Å². The van der Waals surface area contributed by atoms with E-state index in [4.69, 9.17) is 0 Å². The summed E-state index contributed by atoms with van der Waals surface area (Å²) in [5.74, 6) is 0.980. The number of aromatic nitrogens is 5. The zero-order valence-corrected chi connectivity index (χ0v) is 15.0. The number of hydrogen-bond donors (Lipinski definition) is 1. The number of thioether (sulfide) groups is 1. The Kier molecular flexibility index (Phi) is 7.30. The zero-order chi connectivity index (χ0) is 15.9. The van der Waals surface area contributed by atoms with Crippen molar-refractivity contribution in [1.29, 1.82) is 0 Å². The minimum atomic E-state index is 0. The lowest BCUT2D eigenvalue weighted by atomic mass is 10.3. The summed E-state index contributed by atoms with van der Waals surface area (Å²) < 4.78 is 3.91. The van der Waals surface area contributed by atoms with Gasteiger partial charge in [0.1, 0.15) is 0 Å². The van der Waals surface area contributed by atoms with Gasteiger partial charge < -0.3 is 22.3 Å². The summed E-state index contributed by atoms with van der Waals surface area (Å²) in [7, 11) is 2.07.